The number of amides is 1. The summed E-state index contributed by atoms with van der Waals surface area (Å²) in [5, 5.41) is 15.7. The molecule has 0 spiro atoms. The summed E-state index contributed by atoms with van der Waals surface area (Å²) in [7, 11) is 0. The first kappa shape index (κ1) is 17.2. The topological polar surface area (TPSA) is 118 Å². The van der Waals surface area contributed by atoms with Crippen LogP contribution >= 0.6 is 0 Å². The Bertz CT molecular complexity index is 758. The molecule has 0 aliphatic heterocycles. The first-order valence-electron chi connectivity index (χ1n) is 8.44. The van der Waals surface area contributed by atoms with Gasteiger partial charge in [0.05, 0.1) is 6.54 Å². The van der Waals surface area contributed by atoms with Crippen LogP contribution in [0.1, 0.15) is 71.6 Å². The number of carboxylic acids is 1. The van der Waals surface area contributed by atoms with Crippen molar-refractivity contribution in [2.75, 3.05) is 0 Å². The van der Waals surface area contributed by atoms with Crippen molar-refractivity contribution in [2.45, 2.75) is 57.9 Å². The average molecular weight is 347 g/mol. The van der Waals surface area contributed by atoms with E-state index in [9.17, 15) is 9.59 Å². The summed E-state index contributed by atoms with van der Waals surface area (Å²) in [5.74, 6) is 1.10. The highest BCUT2D eigenvalue weighted by Crippen LogP contribution is 2.32. The summed E-state index contributed by atoms with van der Waals surface area (Å²) in [6, 6.07) is 1.42. The maximum atomic E-state index is 11.9. The van der Waals surface area contributed by atoms with Crippen molar-refractivity contribution < 1.29 is 23.6 Å². The van der Waals surface area contributed by atoms with Crippen LogP contribution in [-0.4, -0.2) is 27.1 Å². The van der Waals surface area contributed by atoms with Crippen molar-refractivity contribution in [3.05, 3.63) is 34.9 Å². The van der Waals surface area contributed by atoms with E-state index in [1.54, 1.807) is 6.92 Å². The van der Waals surface area contributed by atoms with E-state index in [4.69, 9.17) is 14.0 Å². The van der Waals surface area contributed by atoms with Crippen LogP contribution in [0.5, 0.6) is 0 Å². The summed E-state index contributed by atoms with van der Waals surface area (Å²) in [4.78, 5) is 27.3. The highest BCUT2D eigenvalue weighted by Gasteiger charge is 2.22. The highest BCUT2D eigenvalue weighted by atomic mass is 16.5. The number of carbonyl (C=O) groups is 2. The molecule has 1 fully saturated rings. The van der Waals surface area contributed by atoms with E-state index in [1.165, 1.54) is 18.9 Å². The van der Waals surface area contributed by atoms with Crippen LogP contribution < -0.4 is 5.32 Å². The minimum atomic E-state index is -1.05. The third-order valence-corrected chi connectivity index (χ3v) is 4.43. The molecule has 0 unspecified atom stereocenters. The minimum Gasteiger partial charge on any atom is -0.478 e. The van der Waals surface area contributed by atoms with Gasteiger partial charge in [-0.3, -0.25) is 4.79 Å². The van der Waals surface area contributed by atoms with Crippen molar-refractivity contribution >= 4 is 11.9 Å². The number of carbonyl (C=O) groups excluding carboxylic acids is 1. The second kappa shape index (κ2) is 7.50. The zero-order chi connectivity index (χ0) is 17.8. The molecule has 25 heavy (non-hydrogen) atoms. The lowest BCUT2D eigenvalue weighted by Gasteiger charge is -2.01. The number of aromatic nitrogens is 2. The lowest BCUT2D eigenvalue weighted by Crippen LogP contribution is -2.22. The highest BCUT2D eigenvalue weighted by molar-refractivity contribution is 5.88. The number of furan rings is 1. The first-order valence-corrected chi connectivity index (χ1v) is 8.44. The van der Waals surface area contributed by atoms with Crippen molar-refractivity contribution in [3.63, 3.8) is 0 Å². The third kappa shape index (κ3) is 4.26. The Labute approximate surface area is 144 Å². The molecular formula is C17H21N3O5. The molecule has 0 radical (unpaired) electrons. The zero-order valence-corrected chi connectivity index (χ0v) is 14.1. The van der Waals surface area contributed by atoms with Gasteiger partial charge in [-0.2, -0.15) is 4.98 Å². The Balaban J connectivity index is 1.45. The Morgan fingerprint density at radius 2 is 2.12 bits per heavy atom. The Morgan fingerprint density at radius 3 is 2.80 bits per heavy atom. The largest absolute Gasteiger partial charge is 0.478 e. The molecule has 0 bridgehead atoms. The number of aryl methyl sites for hydroxylation is 2. The van der Waals surface area contributed by atoms with Gasteiger partial charge in [-0.25, -0.2) is 4.79 Å². The molecule has 134 valence electrons. The zero-order valence-electron chi connectivity index (χ0n) is 14.1. The second-order valence-corrected chi connectivity index (χ2v) is 6.29. The van der Waals surface area contributed by atoms with Gasteiger partial charge in [-0.15, -0.1) is 0 Å². The predicted octanol–water partition coefficient (Wildman–Crippen LogP) is 2.58. The van der Waals surface area contributed by atoms with Crippen LogP contribution in [-0.2, 0) is 17.8 Å². The SMILES string of the molecule is Cc1oc(CNC(=O)CCc2nc(C3CCCC3)no2)cc1C(=O)O. The summed E-state index contributed by atoms with van der Waals surface area (Å²) in [5.41, 5.74) is 0.106. The Morgan fingerprint density at radius 1 is 1.36 bits per heavy atom. The lowest BCUT2D eigenvalue weighted by atomic mass is 10.1. The first-order chi connectivity index (χ1) is 12.0. The Hall–Kier alpha value is -2.64. The van der Waals surface area contributed by atoms with Gasteiger partial charge in [-0.1, -0.05) is 18.0 Å². The Kier molecular flexibility index (Phi) is 5.16. The van der Waals surface area contributed by atoms with Gasteiger partial charge in [0.2, 0.25) is 11.8 Å². The lowest BCUT2D eigenvalue weighted by molar-refractivity contribution is -0.121. The molecule has 2 N–H and O–H groups in total. The van der Waals surface area contributed by atoms with Crippen LogP contribution in [0.3, 0.4) is 0 Å². The minimum absolute atomic E-state index is 0.106. The van der Waals surface area contributed by atoms with Crippen molar-refractivity contribution in [3.8, 4) is 0 Å². The van der Waals surface area contributed by atoms with Gasteiger partial charge in [0.1, 0.15) is 17.1 Å². The van der Waals surface area contributed by atoms with E-state index in [-0.39, 0.29) is 24.4 Å². The smallest absolute Gasteiger partial charge is 0.339 e. The molecule has 8 heteroatoms. The number of carboxylic acid groups (broad SMARTS) is 1. The van der Waals surface area contributed by atoms with Crippen LogP contribution in [0.15, 0.2) is 15.0 Å². The fourth-order valence-electron chi connectivity index (χ4n) is 3.06. The molecule has 3 rings (SSSR count). The van der Waals surface area contributed by atoms with Crippen LogP contribution in [0.25, 0.3) is 0 Å². The number of hydrogen-bond donors (Lipinski definition) is 2. The molecule has 1 saturated carbocycles. The monoisotopic (exact) mass is 347 g/mol. The van der Waals surface area contributed by atoms with E-state index in [0.29, 0.717) is 29.7 Å². The van der Waals surface area contributed by atoms with Crippen molar-refractivity contribution in [1.82, 2.24) is 15.5 Å². The number of aromatic carboxylic acids is 1. The molecule has 1 amide bonds. The molecule has 2 heterocycles. The van der Waals surface area contributed by atoms with Gasteiger partial charge in [0, 0.05) is 18.8 Å². The fourth-order valence-corrected chi connectivity index (χ4v) is 3.06. The van der Waals surface area contributed by atoms with Gasteiger partial charge >= 0.3 is 5.97 Å². The molecule has 0 atom stereocenters. The van der Waals surface area contributed by atoms with Gasteiger partial charge in [0.25, 0.3) is 0 Å². The second-order valence-electron chi connectivity index (χ2n) is 6.29. The number of hydrogen-bond acceptors (Lipinski definition) is 6. The molecule has 0 saturated heterocycles. The number of nitrogens with one attached hydrogen (secondary N) is 1. The summed E-state index contributed by atoms with van der Waals surface area (Å²) in [6.07, 6.45) is 5.20. The fraction of sp³-hybridized carbons (Fsp3) is 0.529. The van der Waals surface area contributed by atoms with Crippen LogP contribution in [0, 0.1) is 6.92 Å². The average Bonchev–Trinajstić information content (AvgIpc) is 3.30. The molecule has 0 aromatic carbocycles. The van der Waals surface area contributed by atoms with Crippen LogP contribution in [0.4, 0.5) is 0 Å². The third-order valence-electron chi connectivity index (χ3n) is 4.43. The summed E-state index contributed by atoms with van der Waals surface area (Å²) in [6.45, 7) is 1.72. The molecule has 2 aromatic rings. The van der Waals surface area contributed by atoms with Gasteiger partial charge in [-0.05, 0) is 25.8 Å². The molecule has 1 aliphatic rings. The molecule has 8 nitrogen and oxygen atoms in total. The van der Waals surface area contributed by atoms with E-state index < -0.39 is 5.97 Å². The van der Waals surface area contributed by atoms with Gasteiger partial charge in [0.15, 0.2) is 5.82 Å². The van der Waals surface area contributed by atoms with Crippen LogP contribution in [0.2, 0.25) is 0 Å². The van der Waals surface area contributed by atoms with Gasteiger partial charge < -0.3 is 19.4 Å². The van der Waals surface area contributed by atoms with E-state index in [2.05, 4.69) is 15.5 Å². The normalized spacial score (nSPS) is 14.8. The predicted molar refractivity (Wildman–Crippen MR) is 86.1 cm³/mol. The molecular weight excluding hydrogens is 326 g/mol. The number of nitrogens with zero attached hydrogens (tertiary/aromatic N) is 2. The maximum Gasteiger partial charge on any atom is 0.339 e. The molecule has 1 aliphatic carbocycles. The quantitative estimate of drug-likeness (QED) is 0.790. The van der Waals surface area contributed by atoms with E-state index in [0.717, 1.165) is 18.7 Å². The van der Waals surface area contributed by atoms with E-state index >= 15 is 0 Å². The summed E-state index contributed by atoms with van der Waals surface area (Å²) >= 11 is 0. The van der Waals surface area contributed by atoms with Crippen molar-refractivity contribution in [2.24, 2.45) is 0 Å². The van der Waals surface area contributed by atoms with E-state index in [1.807, 2.05) is 0 Å². The standard InChI is InChI=1S/C17H21N3O5/c1-10-13(17(22)23)8-12(24-10)9-18-14(21)6-7-15-19-16(20-25-15)11-4-2-3-5-11/h8,11H,2-7,9H2,1H3,(H,18,21)(H,22,23). The maximum absolute atomic E-state index is 11.9. The number of rotatable bonds is 7. The molecule has 2 aromatic heterocycles. The van der Waals surface area contributed by atoms with Crippen molar-refractivity contribution in [1.29, 1.82) is 0 Å². The summed E-state index contributed by atoms with van der Waals surface area (Å²) < 4.78 is 10.5.